The van der Waals surface area contributed by atoms with Crippen molar-refractivity contribution < 1.29 is 32.5 Å². The van der Waals surface area contributed by atoms with Gasteiger partial charge in [0.05, 0.1) is 13.5 Å². The van der Waals surface area contributed by atoms with Crippen LogP contribution in [-0.2, 0) is 10.5 Å². The summed E-state index contributed by atoms with van der Waals surface area (Å²) in [6.45, 7) is 4.67. The van der Waals surface area contributed by atoms with Gasteiger partial charge in [0, 0.05) is 5.56 Å². The fraction of sp³-hybridized carbons (Fsp3) is 0.500. The van der Waals surface area contributed by atoms with Crippen LogP contribution in [0.5, 0.6) is 5.75 Å². The smallest absolute Gasteiger partial charge is 0.433 e. The predicted molar refractivity (Wildman–Crippen MR) is 83.1 cm³/mol. The van der Waals surface area contributed by atoms with Gasteiger partial charge >= 0.3 is 12.3 Å². The summed E-state index contributed by atoms with van der Waals surface area (Å²) in [5.41, 5.74) is -4.48. The van der Waals surface area contributed by atoms with Crippen LogP contribution in [0, 0.1) is 0 Å². The summed E-state index contributed by atoms with van der Waals surface area (Å²) in [7, 11) is 1.43. The van der Waals surface area contributed by atoms with E-state index < -0.39 is 35.7 Å². The highest BCUT2D eigenvalue weighted by Gasteiger charge is 2.54. The molecule has 1 aliphatic heterocycles. The van der Waals surface area contributed by atoms with Gasteiger partial charge in [0.2, 0.25) is 0 Å². The monoisotopic (exact) mass is 360 g/mol. The van der Waals surface area contributed by atoms with Crippen molar-refractivity contribution in [3.63, 3.8) is 0 Å². The van der Waals surface area contributed by atoms with E-state index in [9.17, 15) is 23.1 Å². The number of halogens is 3. The van der Waals surface area contributed by atoms with Gasteiger partial charge in [0.1, 0.15) is 17.1 Å². The lowest BCUT2D eigenvalue weighted by Crippen LogP contribution is -2.45. The van der Waals surface area contributed by atoms with Crippen molar-refractivity contribution in [2.45, 2.75) is 44.7 Å². The van der Waals surface area contributed by atoms with Crippen LogP contribution in [0.3, 0.4) is 0 Å². The lowest BCUT2D eigenvalue weighted by atomic mass is 9.97. The Hall–Kier alpha value is -2.29. The Morgan fingerprint density at radius 3 is 2.24 bits per heavy atom. The van der Waals surface area contributed by atoms with Gasteiger partial charge in [-0.05, 0) is 32.9 Å². The molecule has 1 aliphatic rings. The molecule has 138 valence electrons. The second kappa shape index (κ2) is 6.21. The van der Waals surface area contributed by atoms with Crippen LogP contribution in [0.15, 0.2) is 29.4 Å². The zero-order chi connectivity index (χ0) is 19.0. The largest absolute Gasteiger partial charge is 0.497 e. The molecule has 1 atom stereocenters. The highest BCUT2D eigenvalue weighted by Crippen LogP contribution is 2.40. The minimum Gasteiger partial charge on any atom is -0.497 e. The third kappa shape index (κ3) is 4.04. The molecule has 0 aliphatic carbocycles. The number of carbonyl (C=O) groups is 1. The van der Waals surface area contributed by atoms with Gasteiger partial charge < -0.3 is 14.6 Å². The molecule has 1 N–H and O–H groups in total. The molecular weight excluding hydrogens is 341 g/mol. The summed E-state index contributed by atoms with van der Waals surface area (Å²) in [6, 6.07) is 5.66. The molecule has 1 aromatic rings. The van der Waals surface area contributed by atoms with Crippen LogP contribution in [0.2, 0.25) is 0 Å². The van der Waals surface area contributed by atoms with Crippen LogP contribution in [0.4, 0.5) is 18.0 Å². The maximum atomic E-state index is 13.1. The van der Waals surface area contributed by atoms with E-state index in [1.165, 1.54) is 31.4 Å². The Morgan fingerprint density at radius 2 is 1.80 bits per heavy atom. The standard InChI is InChI=1S/C16H19F3N2O4/c1-14(2,3)25-13(22)21-15(23,9-12(20-21)16(17,18)19)10-5-7-11(24-4)8-6-10/h5-8,23H,9H2,1-4H3. The van der Waals surface area contributed by atoms with Gasteiger partial charge in [-0.3, -0.25) is 0 Å². The number of aliphatic hydroxyl groups is 1. The first-order chi connectivity index (χ1) is 11.4. The van der Waals surface area contributed by atoms with E-state index in [1.54, 1.807) is 20.8 Å². The maximum absolute atomic E-state index is 13.1. The fourth-order valence-electron chi connectivity index (χ4n) is 2.28. The zero-order valence-electron chi connectivity index (χ0n) is 14.2. The molecular formula is C16H19F3N2O4. The quantitative estimate of drug-likeness (QED) is 0.877. The third-order valence-corrected chi connectivity index (χ3v) is 3.43. The van der Waals surface area contributed by atoms with Gasteiger partial charge in [0.15, 0.2) is 5.72 Å². The summed E-state index contributed by atoms with van der Waals surface area (Å²) in [5.74, 6) is 0.450. The highest BCUT2D eigenvalue weighted by atomic mass is 19.4. The molecule has 1 unspecified atom stereocenters. The number of hydrazone groups is 1. The number of hydrogen-bond acceptors (Lipinski definition) is 5. The van der Waals surface area contributed by atoms with Gasteiger partial charge in [-0.15, -0.1) is 0 Å². The van der Waals surface area contributed by atoms with Crippen molar-refractivity contribution in [2.24, 2.45) is 5.10 Å². The maximum Gasteiger partial charge on any atom is 0.433 e. The van der Waals surface area contributed by atoms with Crippen molar-refractivity contribution in [2.75, 3.05) is 7.11 Å². The molecule has 1 aromatic carbocycles. The van der Waals surface area contributed by atoms with E-state index in [2.05, 4.69) is 5.10 Å². The van der Waals surface area contributed by atoms with Crippen molar-refractivity contribution in [3.05, 3.63) is 29.8 Å². The number of amides is 1. The molecule has 6 nitrogen and oxygen atoms in total. The van der Waals surface area contributed by atoms with Crippen LogP contribution >= 0.6 is 0 Å². The number of carbonyl (C=O) groups excluding carboxylic acids is 1. The molecule has 2 rings (SSSR count). The number of benzene rings is 1. The number of ether oxygens (including phenoxy) is 2. The van der Waals surface area contributed by atoms with Crippen molar-refractivity contribution >= 4 is 11.8 Å². The Labute approximate surface area is 142 Å². The molecule has 1 amide bonds. The van der Waals surface area contributed by atoms with E-state index in [0.717, 1.165) is 0 Å². The fourth-order valence-corrected chi connectivity index (χ4v) is 2.28. The molecule has 0 saturated heterocycles. The van der Waals surface area contributed by atoms with Crippen molar-refractivity contribution in [1.29, 1.82) is 0 Å². The van der Waals surface area contributed by atoms with Gasteiger partial charge in [0.25, 0.3) is 0 Å². The molecule has 9 heteroatoms. The minimum atomic E-state index is -4.78. The molecule has 1 heterocycles. The van der Waals surface area contributed by atoms with Crippen LogP contribution in [0.1, 0.15) is 32.8 Å². The Kier molecular flexibility index (Phi) is 4.73. The average Bonchev–Trinajstić information content (AvgIpc) is 2.85. The van der Waals surface area contributed by atoms with Crippen LogP contribution in [-0.4, -0.2) is 40.8 Å². The number of nitrogens with zero attached hydrogens (tertiary/aromatic N) is 2. The highest BCUT2D eigenvalue weighted by molar-refractivity contribution is 5.93. The normalized spacial score (nSPS) is 21.1. The molecule has 0 saturated carbocycles. The minimum absolute atomic E-state index is 0.0576. The molecule has 25 heavy (non-hydrogen) atoms. The Morgan fingerprint density at radius 1 is 1.24 bits per heavy atom. The predicted octanol–water partition coefficient (Wildman–Crippen LogP) is 3.40. The number of hydrogen-bond donors (Lipinski definition) is 1. The average molecular weight is 360 g/mol. The third-order valence-electron chi connectivity index (χ3n) is 3.43. The number of alkyl halides is 3. The topological polar surface area (TPSA) is 71.4 Å². The van der Waals surface area contributed by atoms with Gasteiger partial charge in [-0.25, -0.2) is 4.79 Å². The van der Waals surface area contributed by atoms with Crippen molar-refractivity contribution in [1.82, 2.24) is 5.01 Å². The molecule has 0 spiro atoms. The van der Waals surface area contributed by atoms with E-state index in [1.807, 2.05) is 0 Å². The first-order valence-corrected chi connectivity index (χ1v) is 7.41. The van der Waals surface area contributed by atoms with Gasteiger partial charge in [-0.2, -0.15) is 23.3 Å². The van der Waals surface area contributed by atoms with Crippen molar-refractivity contribution in [3.8, 4) is 5.75 Å². The lowest BCUT2D eigenvalue weighted by Gasteiger charge is -2.32. The number of methoxy groups -OCH3 is 1. The van der Waals surface area contributed by atoms with Crippen LogP contribution in [0.25, 0.3) is 0 Å². The summed E-state index contributed by atoms with van der Waals surface area (Å²) >= 11 is 0. The number of rotatable bonds is 2. The molecule has 0 bridgehead atoms. The Balaban J connectivity index is 2.44. The second-order valence-corrected chi connectivity index (χ2v) is 6.56. The Bertz CT molecular complexity index is 680. The SMILES string of the molecule is COc1ccc(C2(O)CC(C(F)(F)F)=NN2C(=O)OC(C)(C)C)cc1. The van der Waals surface area contributed by atoms with E-state index in [0.29, 0.717) is 10.8 Å². The molecule has 0 aromatic heterocycles. The van der Waals surface area contributed by atoms with E-state index >= 15 is 0 Å². The second-order valence-electron chi connectivity index (χ2n) is 6.56. The summed E-state index contributed by atoms with van der Waals surface area (Å²) in [5, 5.41) is 14.5. The summed E-state index contributed by atoms with van der Waals surface area (Å²) in [4.78, 5) is 12.3. The molecule has 0 fully saturated rings. The van der Waals surface area contributed by atoms with E-state index in [4.69, 9.17) is 9.47 Å². The summed E-state index contributed by atoms with van der Waals surface area (Å²) in [6.07, 6.45) is -6.86. The first-order valence-electron chi connectivity index (χ1n) is 7.41. The first kappa shape index (κ1) is 19.0. The zero-order valence-corrected chi connectivity index (χ0v) is 14.2. The summed E-state index contributed by atoms with van der Waals surface area (Å²) < 4.78 is 49.3. The lowest BCUT2D eigenvalue weighted by molar-refractivity contribution is -0.0995. The van der Waals surface area contributed by atoms with Gasteiger partial charge in [-0.1, -0.05) is 12.1 Å². The van der Waals surface area contributed by atoms with Crippen LogP contribution < -0.4 is 4.74 Å². The molecule has 0 radical (unpaired) electrons. The van der Waals surface area contributed by atoms with E-state index in [-0.39, 0.29) is 5.56 Å².